The molecule has 0 spiro atoms. The summed E-state index contributed by atoms with van der Waals surface area (Å²) in [6, 6.07) is -1.16. The summed E-state index contributed by atoms with van der Waals surface area (Å²) < 4.78 is 11.1. The molecule has 0 aromatic carbocycles. The molecule has 0 radical (unpaired) electrons. The van der Waals surface area contributed by atoms with E-state index in [4.69, 9.17) is 9.47 Å². The van der Waals surface area contributed by atoms with Gasteiger partial charge in [-0.1, -0.05) is 251 Å². The van der Waals surface area contributed by atoms with Gasteiger partial charge >= 0.3 is 0 Å². The van der Waals surface area contributed by atoms with E-state index in [1.165, 1.54) is 186 Å². The third-order valence-electron chi connectivity index (χ3n) is 13.7. The number of aliphatic hydroxyl groups excluding tert-OH is 7. The topological polar surface area (TPSA) is 189 Å². The van der Waals surface area contributed by atoms with Gasteiger partial charge in [-0.2, -0.15) is 0 Å². The number of ether oxygens (including phenoxy) is 2. The van der Waals surface area contributed by atoms with Gasteiger partial charge in [-0.25, -0.2) is 0 Å². The average Bonchev–Trinajstić information content (AvgIpc) is 3.29. The maximum Gasteiger partial charge on any atom is 0.249 e. The number of hydrogen-bond donors (Lipinski definition) is 8. The molecule has 9 atom stereocenters. The molecule has 0 aromatic rings. The lowest BCUT2D eigenvalue weighted by Gasteiger charge is -2.40. The first kappa shape index (κ1) is 61.1. The molecule has 1 heterocycles. The van der Waals surface area contributed by atoms with Crippen molar-refractivity contribution in [1.82, 2.24) is 5.32 Å². The molecular formula is C53H105NO10. The Bertz CT molecular complexity index is 1010. The standard InChI is InChI=1S/C53H105NO10/c1-3-5-7-9-11-13-15-17-19-21-22-23-25-26-28-30-32-34-36-38-40-45(56)48(58)44(43-63-53-51(61)50(60)49(59)47(42-55)64-53)54-52(62)46(57)41-39-37-35-33-31-29-27-24-20-18-16-14-12-10-8-6-4-2/h44-51,53,55-61H,3-43H2,1-2H3,(H,54,62). The fourth-order valence-electron chi connectivity index (χ4n) is 9.15. The average molecular weight is 916 g/mol. The summed E-state index contributed by atoms with van der Waals surface area (Å²) in [5.74, 6) is -0.691. The van der Waals surface area contributed by atoms with Crippen LogP contribution in [0.3, 0.4) is 0 Å². The van der Waals surface area contributed by atoms with Gasteiger partial charge in [0.05, 0.1) is 25.4 Å². The number of carbonyl (C=O) groups is 1. The van der Waals surface area contributed by atoms with Crippen LogP contribution in [0.2, 0.25) is 0 Å². The highest BCUT2D eigenvalue weighted by molar-refractivity contribution is 5.80. The van der Waals surface area contributed by atoms with Crippen molar-refractivity contribution < 1.29 is 50.0 Å². The summed E-state index contributed by atoms with van der Waals surface area (Å²) in [6.45, 7) is 3.49. The van der Waals surface area contributed by atoms with Crippen LogP contribution < -0.4 is 5.32 Å². The van der Waals surface area contributed by atoms with Crippen LogP contribution in [-0.4, -0.2) is 110 Å². The molecule has 1 rings (SSSR count). The Morgan fingerprint density at radius 2 is 0.812 bits per heavy atom. The summed E-state index contributed by atoms with van der Waals surface area (Å²) in [4.78, 5) is 13.1. The molecular weight excluding hydrogens is 811 g/mol. The van der Waals surface area contributed by atoms with E-state index in [9.17, 15) is 40.5 Å². The van der Waals surface area contributed by atoms with Gasteiger partial charge in [0.2, 0.25) is 5.91 Å². The zero-order valence-corrected chi connectivity index (χ0v) is 41.5. The Balaban J connectivity index is 2.34. The summed E-state index contributed by atoms with van der Waals surface area (Å²) in [7, 11) is 0. The zero-order chi connectivity index (χ0) is 46.9. The van der Waals surface area contributed by atoms with E-state index in [1.807, 2.05) is 0 Å². The van der Waals surface area contributed by atoms with E-state index >= 15 is 0 Å². The number of amides is 1. The Hall–Kier alpha value is -0.890. The van der Waals surface area contributed by atoms with Crippen molar-refractivity contribution >= 4 is 5.91 Å². The molecule has 0 aromatic heterocycles. The Morgan fingerprint density at radius 1 is 0.484 bits per heavy atom. The van der Waals surface area contributed by atoms with Gasteiger partial charge in [0.25, 0.3) is 0 Å². The van der Waals surface area contributed by atoms with Crippen molar-refractivity contribution in [2.75, 3.05) is 13.2 Å². The predicted octanol–water partition coefficient (Wildman–Crippen LogP) is 10.6. The first-order valence-corrected chi connectivity index (χ1v) is 27.4. The monoisotopic (exact) mass is 916 g/mol. The van der Waals surface area contributed by atoms with E-state index in [-0.39, 0.29) is 6.42 Å². The van der Waals surface area contributed by atoms with E-state index in [0.29, 0.717) is 19.3 Å². The van der Waals surface area contributed by atoms with Crippen molar-refractivity contribution in [2.24, 2.45) is 0 Å². The largest absolute Gasteiger partial charge is 0.394 e. The molecule has 1 amide bonds. The van der Waals surface area contributed by atoms with Crippen molar-refractivity contribution in [2.45, 2.75) is 319 Å². The Labute approximate surface area is 392 Å². The van der Waals surface area contributed by atoms with Crippen molar-refractivity contribution in [3.05, 3.63) is 0 Å². The maximum absolute atomic E-state index is 13.1. The molecule has 0 aliphatic carbocycles. The SMILES string of the molecule is CCCCCCCCCCCCCCCCCCCCCCC(O)C(O)C(COC1OC(CO)C(O)C(O)C1O)NC(=O)C(O)CCCCCCCCCCCCCCCCCCC. The normalized spacial score (nSPS) is 20.9. The first-order valence-electron chi connectivity index (χ1n) is 27.4. The first-order chi connectivity index (χ1) is 31.2. The number of hydrogen-bond acceptors (Lipinski definition) is 10. The number of aliphatic hydroxyl groups is 7. The molecule has 64 heavy (non-hydrogen) atoms. The fraction of sp³-hybridized carbons (Fsp3) is 0.981. The molecule has 8 N–H and O–H groups in total. The highest BCUT2D eigenvalue weighted by Gasteiger charge is 2.44. The molecule has 0 bridgehead atoms. The highest BCUT2D eigenvalue weighted by Crippen LogP contribution is 2.23. The molecule has 1 saturated heterocycles. The minimum atomic E-state index is -1.66. The molecule has 9 unspecified atom stereocenters. The summed E-state index contributed by atoms with van der Waals surface area (Å²) >= 11 is 0. The molecule has 11 nitrogen and oxygen atoms in total. The van der Waals surface area contributed by atoms with Gasteiger partial charge in [0, 0.05) is 0 Å². The second-order valence-corrected chi connectivity index (χ2v) is 19.7. The lowest BCUT2D eigenvalue weighted by molar-refractivity contribution is -0.303. The van der Waals surface area contributed by atoms with Crippen molar-refractivity contribution in [3.63, 3.8) is 0 Å². The van der Waals surface area contributed by atoms with E-state index in [1.54, 1.807) is 0 Å². The number of unbranched alkanes of at least 4 members (excludes halogenated alkanes) is 35. The lowest BCUT2D eigenvalue weighted by atomic mass is 9.98. The van der Waals surface area contributed by atoms with E-state index < -0.39 is 74.2 Å². The Kier molecular flexibility index (Phi) is 41.4. The summed E-state index contributed by atoms with van der Waals surface area (Å²) in [6.07, 6.45) is 35.7. The predicted molar refractivity (Wildman–Crippen MR) is 261 cm³/mol. The Morgan fingerprint density at radius 3 is 1.16 bits per heavy atom. The van der Waals surface area contributed by atoms with Gasteiger partial charge in [0.15, 0.2) is 6.29 Å². The molecule has 1 aliphatic rings. The van der Waals surface area contributed by atoms with Crippen LogP contribution in [0.25, 0.3) is 0 Å². The fourth-order valence-corrected chi connectivity index (χ4v) is 9.15. The number of rotatable bonds is 47. The molecule has 11 heteroatoms. The van der Waals surface area contributed by atoms with Crippen molar-refractivity contribution in [3.8, 4) is 0 Å². The van der Waals surface area contributed by atoms with Crippen LogP contribution >= 0.6 is 0 Å². The molecule has 382 valence electrons. The third-order valence-corrected chi connectivity index (χ3v) is 13.7. The summed E-state index contributed by atoms with van der Waals surface area (Å²) in [5, 5.41) is 76.0. The van der Waals surface area contributed by atoms with Crippen LogP contribution in [0.15, 0.2) is 0 Å². The molecule has 1 fully saturated rings. The minimum absolute atomic E-state index is 0.267. The van der Waals surface area contributed by atoms with Crippen LogP contribution in [0.5, 0.6) is 0 Å². The van der Waals surface area contributed by atoms with Gasteiger partial charge in [-0.3, -0.25) is 4.79 Å². The van der Waals surface area contributed by atoms with Crippen molar-refractivity contribution in [1.29, 1.82) is 0 Å². The van der Waals surface area contributed by atoms with E-state index in [2.05, 4.69) is 19.2 Å². The second kappa shape index (κ2) is 43.4. The number of nitrogens with one attached hydrogen (secondary N) is 1. The van der Waals surface area contributed by atoms with Gasteiger partial charge in [0.1, 0.15) is 36.6 Å². The second-order valence-electron chi connectivity index (χ2n) is 19.7. The summed E-state index contributed by atoms with van der Waals surface area (Å²) in [5.41, 5.74) is 0. The van der Waals surface area contributed by atoms with Gasteiger partial charge < -0.3 is 50.5 Å². The molecule has 0 saturated carbocycles. The zero-order valence-electron chi connectivity index (χ0n) is 41.5. The molecule has 1 aliphatic heterocycles. The highest BCUT2D eigenvalue weighted by atomic mass is 16.7. The quantitative estimate of drug-likeness (QED) is 0.0273. The smallest absolute Gasteiger partial charge is 0.249 e. The maximum atomic E-state index is 13.1. The lowest BCUT2D eigenvalue weighted by Crippen LogP contribution is -2.60. The van der Waals surface area contributed by atoms with E-state index in [0.717, 1.165) is 38.5 Å². The number of carbonyl (C=O) groups excluding carboxylic acids is 1. The minimum Gasteiger partial charge on any atom is -0.394 e. The van der Waals surface area contributed by atoms with Crippen LogP contribution in [0.1, 0.15) is 264 Å². The van der Waals surface area contributed by atoms with Crippen LogP contribution in [0, 0.1) is 0 Å². The third kappa shape index (κ3) is 32.0. The van der Waals surface area contributed by atoms with Gasteiger partial charge in [-0.15, -0.1) is 0 Å². The van der Waals surface area contributed by atoms with Crippen LogP contribution in [0.4, 0.5) is 0 Å². The van der Waals surface area contributed by atoms with Gasteiger partial charge in [-0.05, 0) is 12.8 Å². The van der Waals surface area contributed by atoms with Crippen LogP contribution in [-0.2, 0) is 14.3 Å².